The summed E-state index contributed by atoms with van der Waals surface area (Å²) in [6.07, 6.45) is 0.898. The first-order chi connectivity index (χ1) is 9.91. The fourth-order valence-electron chi connectivity index (χ4n) is 3.32. The molecule has 0 aliphatic heterocycles. The Balaban J connectivity index is 2.44. The van der Waals surface area contributed by atoms with Crippen molar-refractivity contribution in [2.24, 2.45) is 11.5 Å². The van der Waals surface area contributed by atoms with Crippen LogP contribution in [0, 0.1) is 0 Å². The highest BCUT2D eigenvalue weighted by atomic mass is 16.5. The molecule has 2 atom stereocenters. The van der Waals surface area contributed by atoms with Gasteiger partial charge in [-0.2, -0.15) is 0 Å². The van der Waals surface area contributed by atoms with E-state index in [1.165, 1.54) is 5.56 Å². The highest BCUT2D eigenvalue weighted by Gasteiger charge is 2.42. The summed E-state index contributed by atoms with van der Waals surface area (Å²) in [5.41, 5.74) is 13.8. The molecule has 1 amide bonds. The summed E-state index contributed by atoms with van der Waals surface area (Å²) in [4.78, 5) is 11.4. The van der Waals surface area contributed by atoms with E-state index in [0.29, 0.717) is 12.1 Å². The van der Waals surface area contributed by atoms with Crippen LogP contribution in [0.2, 0.25) is 0 Å². The number of nitrogens with one attached hydrogen (secondary N) is 1. The molecule has 1 aromatic rings. The second-order valence-corrected chi connectivity index (χ2v) is 6.16. The van der Waals surface area contributed by atoms with Crippen LogP contribution in [0.15, 0.2) is 18.2 Å². The largest absolute Gasteiger partial charge is 0.379 e. The van der Waals surface area contributed by atoms with E-state index in [1.807, 2.05) is 12.1 Å². The molecule has 0 heterocycles. The van der Waals surface area contributed by atoms with Crippen molar-refractivity contribution >= 4 is 5.91 Å². The molecule has 21 heavy (non-hydrogen) atoms. The third-order valence-corrected chi connectivity index (χ3v) is 4.47. The standard InChI is InChI=1S/C16H25N3O2/c1-16(2)12-8-11(15(18)20)5-4-10(12)9-13(21-3)14(16)19-7-6-17/h4-5,8,13-14,19H,6-7,9,17H2,1-3H3,(H2,18,20). The van der Waals surface area contributed by atoms with Crippen LogP contribution in [0.1, 0.15) is 35.3 Å². The van der Waals surface area contributed by atoms with Gasteiger partial charge in [0, 0.05) is 43.6 Å². The van der Waals surface area contributed by atoms with E-state index in [0.717, 1.165) is 18.5 Å². The number of amides is 1. The van der Waals surface area contributed by atoms with E-state index in [2.05, 4.69) is 19.2 Å². The Morgan fingerprint density at radius 1 is 1.48 bits per heavy atom. The summed E-state index contributed by atoms with van der Waals surface area (Å²) in [7, 11) is 1.74. The molecule has 116 valence electrons. The lowest BCUT2D eigenvalue weighted by Crippen LogP contribution is -2.57. The number of methoxy groups -OCH3 is 1. The van der Waals surface area contributed by atoms with E-state index in [4.69, 9.17) is 16.2 Å². The zero-order chi connectivity index (χ0) is 15.6. The number of carbonyl (C=O) groups excluding carboxylic acids is 1. The fourth-order valence-corrected chi connectivity index (χ4v) is 3.32. The van der Waals surface area contributed by atoms with Gasteiger partial charge in [0.25, 0.3) is 0 Å². The molecule has 1 aliphatic rings. The minimum Gasteiger partial charge on any atom is -0.379 e. The highest BCUT2D eigenvalue weighted by Crippen LogP contribution is 2.38. The molecular formula is C16H25N3O2. The van der Waals surface area contributed by atoms with Crippen molar-refractivity contribution < 1.29 is 9.53 Å². The van der Waals surface area contributed by atoms with Gasteiger partial charge in [0.2, 0.25) is 5.91 Å². The van der Waals surface area contributed by atoms with E-state index in [9.17, 15) is 4.79 Å². The molecule has 0 bridgehead atoms. The Hall–Kier alpha value is -1.43. The van der Waals surface area contributed by atoms with E-state index in [1.54, 1.807) is 13.2 Å². The number of ether oxygens (including phenoxy) is 1. The summed E-state index contributed by atoms with van der Waals surface area (Å²) < 4.78 is 5.68. The van der Waals surface area contributed by atoms with Crippen molar-refractivity contribution in [1.82, 2.24) is 5.32 Å². The van der Waals surface area contributed by atoms with E-state index < -0.39 is 5.91 Å². The molecule has 0 aromatic heterocycles. The van der Waals surface area contributed by atoms with Crippen LogP contribution >= 0.6 is 0 Å². The predicted octanol–water partition coefficient (Wildman–Crippen LogP) is 0.551. The van der Waals surface area contributed by atoms with Crippen LogP contribution in [0.4, 0.5) is 0 Å². The monoisotopic (exact) mass is 291 g/mol. The minimum atomic E-state index is -0.395. The lowest BCUT2D eigenvalue weighted by molar-refractivity contribution is 0.0361. The van der Waals surface area contributed by atoms with Gasteiger partial charge in [-0.3, -0.25) is 4.79 Å². The number of rotatable bonds is 5. The first-order valence-corrected chi connectivity index (χ1v) is 7.31. The van der Waals surface area contributed by atoms with Gasteiger partial charge in [-0.1, -0.05) is 19.9 Å². The lowest BCUT2D eigenvalue weighted by atomic mass is 9.67. The minimum absolute atomic E-state index is 0.0819. The van der Waals surface area contributed by atoms with Crippen molar-refractivity contribution in [3.05, 3.63) is 34.9 Å². The molecular weight excluding hydrogens is 266 g/mol. The van der Waals surface area contributed by atoms with Crippen LogP contribution in [0.3, 0.4) is 0 Å². The molecule has 0 spiro atoms. The number of hydrogen-bond acceptors (Lipinski definition) is 4. The average molecular weight is 291 g/mol. The van der Waals surface area contributed by atoms with Crippen LogP contribution in [0.25, 0.3) is 0 Å². The van der Waals surface area contributed by atoms with Gasteiger partial charge in [0.05, 0.1) is 6.10 Å². The van der Waals surface area contributed by atoms with Crippen LogP contribution in [0.5, 0.6) is 0 Å². The third-order valence-electron chi connectivity index (χ3n) is 4.47. The Morgan fingerprint density at radius 3 is 2.76 bits per heavy atom. The lowest BCUT2D eigenvalue weighted by Gasteiger charge is -2.45. The zero-order valence-corrected chi connectivity index (χ0v) is 13.0. The number of hydrogen-bond donors (Lipinski definition) is 3. The zero-order valence-electron chi connectivity index (χ0n) is 13.0. The molecule has 5 heteroatoms. The molecule has 1 aliphatic carbocycles. The van der Waals surface area contributed by atoms with Crippen LogP contribution in [-0.4, -0.2) is 38.3 Å². The first-order valence-electron chi connectivity index (χ1n) is 7.31. The van der Waals surface area contributed by atoms with Gasteiger partial charge in [0.15, 0.2) is 0 Å². The normalized spacial score (nSPS) is 23.6. The maximum Gasteiger partial charge on any atom is 0.248 e. The van der Waals surface area contributed by atoms with Gasteiger partial charge in [-0.05, 0) is 23.3 Å². The molecule has 1 aromatic carbocycles. The molecule has 2 rings (SSSR count). The Bertz CT molecular complexity index is 528. The molecule has 5 N–H and O–H groups in total. The molecule has 0 radical (unpaired) electrons. The first kappa shape index (κ1) is 15.9. The second-order valence-electron chi connectivity index (χ2n) is 6.16. The maximum atomic E-state index is 11.4. The average Bonchev–Trinajstić information content (AvgIpc) is 2.45. The van der Waals surface area contributed by atoms with Crippen molar-refractivity contribution in [3.8, 4) is 0 Å². The number of fused-ring (bicyclic) bond motifs is 1. The summed E-state index contributed by atoms with van der Waals surface area (Å²) in [6, 6.07) is 5.84. The number of nitrogens with two attached hydrogens (primary N) is 2. The summed E-state index contributed by atoms with van der Waals surface area (Å²) in [5, 5.41) is 3.49. The molecule has 0 saturated heterocycles. The summed E-state index contributed by atoms with van der Waals surface area (Å²) in [5.74, 6) is -0.395. The Labute approximate surface area is 126 Å². The topological polar surface area (TPSA) is 90.4 Å². The Kier molecular flexibility index (Phi) is 4.66. The molecule has 0 saturated carbocycles. The SMILES string of the molecule is COC1Cc2ccc(C(N)=O)cc2C(C)(C)C1NCCN. The van der Waals surface area contributed by atoms with E-state index in [-0.39, 0.29) is 17.6 Å². The summed E-state index contributed by atoms with van der Waals surface area (Å²) in [6.45, 7) is 5.64. The molecule has 5 nitrogen and oxygen atoms in total. The van der Waals surface area contributed by atoms with Crippen LogP contribution < -0.4 is 16.8 Å². The van der Waals surface area contributed by atoms with E-state index >= 15 is 0 Å². The van der Waals surface area contributed by atoms with Crippen molar-refractivity contribution in [1.29, 1.82) is 0 Å². The van der Waals surface area contributed by atoms with Gasteiger partial charge >= 0.3 is 0 Å². The maximum absolute atomic E-state index is 11.4. The van der Waals surface area contributed by atoms with Gasteiger partial charge in [0.1, 0.15) is 0 Å². The van der Waals surface area contributed by atoms with Crippen LogP contribution in [-0.2, 0) is 16.6 Å². The number of primary amides is 1. The van der Waals surface area contributed by atoms with Gasteiger partial charge in [-0.25, -0.2) is 0 Å². The number of carbonyl (C=O) groups is 1. The quantitative estimate of drug-likeness (QED) is 0.739. The fraction of sp³-hybridized carbons (Fsp3) is 0.562. The van der Waals surface area contributed by atoms with Crippen molar-refractivity contribution in [3.63, 3.8) is 0 Å². The molecule has 2 unspecified atom stereocenters. The summed E-state index contributed by atoms with van der Waals surface area (Å²) >= 11 is 0. The van der Waals surface area contributed by atoms with Crippen molar-refractivity contribution in [2.45, 2.75) is 37.8 Å². The smallest absolute Gasteiger partial charge is 0.248 e. The second kappa shape index (κ2) is 6.13. The van der Waals surface area contributed by atoms with Gasteiger partial charge < -0.3 is 21.5 Å². The third kappa shape index (κ3) is 2.95. The Morgan fingerprint density at radius 2 is 2.19 bits per heavy atom. The predicted molar refractivity (Wildman–Crippen MR) is 83.3 cm³/mol. The van der Waals surface area contributed by atoms with Crippen molar-refractivity contribution in [2.75, 3.05) is 20.2 Å². The highest BCUT2D eigenvalue weighted by molar-refractivity contribution is 5.93. The number of benzene rings is 1. The van der Waals surface area contributed by atoms with Gasteiger partial charge in [-0.15, -0.1) is 0 Å². The molecule has 0 fully saturated rings.